The molecule has 1 atom stereocenters. The number of amides is 2. The van der Waals surface area contributed by atoms with Crippen molar-refractivity contribution >= 4 is 27.5 Å². The molecule has 2 aliphatic rings. The Bertz CT molecular complexity index is 1150. The number of carbonyl (C=O) groups is 2. The van der Waals surface area contributed by atoms with Crippen LogP contribution in [0.3, 0.4) is 0 Å². The Hall–Kier alpha value is -2.71. The van der Waals surface area contributed by atoms with Crippen molar-refractivity contribution in [2.24, 2.45) is 0 Å². The maximum Gasteiger partial charge on any atom is 0.247 e. The fourth-order valence-electron chi connectivity index (χ4n) is 5.07. The lowest BCUT2D eigenvalue weighted by atomic mass is 9.90. The van der Waals surface area contributed by atoms with E-state index in [9.17, 15) is 18.0 Å². The average Bonchev–Trinajstić information content (AvgIpc) is 2.85. The molecule has 0 spiro atoms. The largest absolute Gasteiger partial charge is 0.351 e. The fourth-order valence-corrected chi connectivity index (χ4v) is 6.57. The monoisotopic (exact) mass is 483 g/mol. The van der Waals surface area contributed by atoms with Crippen molar-refractivity contribution in [3.63, 3.8) is 0 Å². The number of benzene rings is 2. The molecule has 2 aromatic rings. The first-order valence-corrected chi connectivity index (χ1v) is 13.5. The van der Waals surface area contributed by atoms with Crippen LogP contribution >= 0.6 is 0 Å². The standard InChI is InChI=1S/C26H33N3O4S/c1-3-20-12-10-11-17-23(20)29-24(30)18-28(34(32,33)22-15-8-5-9-16-22)19-26(29,2)25(31)27-21-13-6-4-7-14-21/h5,8-12,15-17,21H,3-4,6-7,13-14,18-19H2,1-2H3,(H,27,31)/t26-/m0/s1. The lowest BCUT2D eigenvalue weighted by molar-refractivity contribution is -0.133. The molecular weight excluding hydrogens is 450 g/mol. The average molecular weight is 484 g/mol. The topological polar surface area (TPSA) is 86.8 Å². The van der Waals surface area contributed by atoms with Gasteiger partial charge in [-0.15, -0.1) is 0 Å². The van der Waals surface area contributed by atoms with Gasteiger partial charge in [0.1, 0.15) is 5.54 Å². The smallest absolute Gasteiger partial charge is 0.247 e. The Morgan fingerprint density at radius 2 is 1.68 bits per heavy atom. The van der Waals surface area contributed by atoms with Gasteiger partial charge in [0.05, 0.1) is 11.4 Å². The molecule has 1 heterocycles. The number of nitrogens with zero attached hydrogens (tertiary/aromatic N) is 2. The van der Waals surface area contributed by atoms with E-state index >= 15 is 0 Å². The van der Waals surface area contributed by atoms with Gasteiger partial charge in [-0.1, -0.05) is 62.6 Å². The summed E-state index contributed by atoms with van der Waals surface area (Å²) in [6.45, 7) is 3.25. The SMILES string of the molecule is CCc1ccccc1N1C(=O)CN(S(=O)(=O)c2ccccc2)C[C@@]1(C)C(=O)NC1CCCCC1. The summed E-state index contributed by atoms with van der Waals surface area (Å²) in [6.07, 6.45) is 5.74. The Morgan fingerprint density at radius 1 is 1.03 bits per heavy atom. The van der Waals surface area contributed by atoms with E-state index in [4.69, 9.17) is 0 Å². The van der Waals surface area contributed by atoms with Crippen molar-refractivity contribution in [1.82, 2.24) is 9.62 Å². The predicted octanol–water partition coefficient (Wildman–Crippen LogP) is 3.49. The van der Waals surface area contributed by atoms with E-state index in [0.717, 1.165) is 42.0 Å². The van der Waals surface area contributed by atoms with Gasteiger partial charge in [0.25, 0.3) is 0 Å². The quantitative estimate of drug-likeness (QED) is 0.681. The Labute approximate surface area is 202 Å². The van der Waals surface area contributed by atoms with Crippen LogP contribution in [-0.4, -0.2) is 49.2 Å². The molecule has 0 radical (unpaired) electrons. The zero-order valence-electron chi connectivity index (χ0n) is 19.9. The second-order valence-electron chi connectivity index (χ2n) is 9.38. The van der Waals surface area contributed by atoms with Crippen molar-refractivity contribution in [2.75, 3.05) is 18.0 Å². The summed E-state index contributed by atoms with van der Waals surface area (Å²) >= 11 is 0. The van der Waals surface area contributed by atoms with Crippen LogP contribution in [0, 0.1) is 0 Å². The minimum atomic E-state index is -3.95. The fraction of sp³-hybridized carbons (Fsp3) is 0.462. The van der Waals surface area contributed by atoms with E-state index in [1.165, 1.54) is 17.0 Å². The number of rotatable bonds is 6. The van der Waals surface area contributed by atoms with Crippen LogP contribution < -0.4 is 10.2 Å². The van der Waals surface area contributed by atoms with Crippen molar-refractivity contribution in [3.8, 4) is 0 Å². The maximum atomic E-state index is 13.8. The third-order valence-electron chi connectivity index (χ3n) is 6.96. The van der Waals surface area contributed by atoms with E-state index in [1.54, 1.807) is 25.1 Å². The second kappa shape index (κ2) is 9.88. The molecule has 34 heavy (non-hydrogen) atoms. The number of hydrogen-bond donors (Lipinski definition) is 1. The van der Waals surface area contributed by atoms with Crippen molar-refractivity contribution in [1.29, 1.82) is 0 Å². The molecule has 1 aliphatic carbocycles. The molecule has 7 nitrogen and oxygen atoms in total. The third-order valence-corrected chi connectivity index (χ3v) is 8.77. The molecule has 0 unspecified atom stereocenters. The van der Waals surface area contributed by atoms with Gasteiger partial charge in [0, 0.05) is 18.3 Å². The van der Waals surface area contributed by atoms with Crippen LogP contribution in [0.1, 0.15) is 51.5 Å². The zero-order valence-corrected chi connectivity index (χ0v) is 20.7. The Kier molecular flexibility index (Phi) is 7.09. The molecule has 1 aliphatic heterocycles. The maximum absolute atomic E-state index is 13.8. The van der Waals surface area contributed by atoms with E-state index in [-0.39, 0.29) is 29.9 Å². The molecular formula is C26H33N3O4S. The van der Waals surface area contributed by atoms with E-state index < -0.39 is 21.5 Å². The molecule has 8 heteroatoms. The molecule has 2 fully saturated rings. The minimum absolute atomic E-state index is 0.0394. The van der Waals surface area contributed by atoms with Crippen molar-refractivity contribution in [2.45, 2.75) is 68.8 Å². The van der Waals surface area contributed by atoms with Crippen LogP contribution in [0.25, 0.3) is 0 Å². The van der Waals surface area contributed by atoms with Gasteiger partial charge >= 0.3 is 0 Å². The lowest BCUT2D eigenvalue weighted by Crippen LogP contribution is -2.71. The highest BCUT2D eigenvalue weighted by Crippen LogP contribution is 2.34. The number of anilines is 1. The van der Waals surface area contributed by atoms with Gasteiger partial charge < -0.3 is 5.32 Å². The normalized spacial score (nSPS) is 22.5. The Morgan fingerprint density at radius 3 is 2.35 bits per heavy atom. The predicted molar refractivity (Wildman–Crippen MR) is 132 cm³/mol. The second-order valence-corrected chi connectivity index (χ2v) is 11.3. The molecule has 182 valence electrons. The number of para-hydroxylation sites is 1. The summed E-state index contributed by atoms with van der Waals surface area (Å²) in [6, 6.07) is 15.6. The van der Waals surface area contributed by atoms with Crippen LogP contribution in [0.4, 0.5) is 5.69 Å². The first-order chi connectivity index (χ1) is 16.3. The highest BCUT2D eigenvalue weighted by atomic mass is 32.2. The number of piperazine rings is 1. The number of sulfonamides is 1. The van der Waals surface area contributed by atoms with Gasteiger partial charge in [0.2, 0.25) is 21.8 Å². The molecule has 1 saturated carbocycles. The molecule has 2 amide bonds. The zero-order chi connectivity index (χ0) is 24.3. The van der Waals surface area contributed by atoms with E-state index in [0.29, 0.717) is 12.1 Å². The first-order valence-electron chi connectivity index (χ1n) is 12.0. The highest BCUT2D eigenvalue weighted by molar-refractivity contribution is 7.89. The van der Waals surface area contributed by atoms with Gasteiger partial charge in [-0.3, -0.25) is 14.5 Å². The summed E-state index contributed by atoms with van der Waals surface area (Å²) in [5.74, 6) is -0.723. The Balaban J connectivity index is 1.75. The van der Waals surface area contributed by atoms with Crippen LogP contribution in [0.2, 0.25) is 0 Å². The summed E-state index contributed by atoms with van der Waals surface area (Å²) in [4.78, 5) is 29.0. The van der Waals surface area contributed by atoms with Gasteiger partial charge in [0.15, 0.2) is 0 Å². The summed E-state index contributed by atoms with van der Waals surface area (Å²) in [5.41, 5.74) is 0.208. The van der Waals surface area contributed by atoms with E-state index in [1.807, 2.05) is 31.2 Å². The first kappa shape index (κ1) is 24.4. The number of hydrogen-bond acceptors (Lipinski definition) is 4. The third kappa shape index (κ3) is 4.61. The molecule has 1 N–H and O–H groups in total. The lowest BCUT2D eigenvalue weighted by Gasteiger charge is -2.47. The number of nitrogens with one attached hydrogen (secondary N) is 1. The van der Waals surface area contributed by atoms with E-state index in [2.05, 4.69) is 5.32 Å². The van der Waals surface area contributed by atoms with Crippen LogP contribution in [0.5, 0.6) is 0 Å². The van der Waals surface area contributed by atoms with Gasteiger partial charge in [-0.25, -0.2) is 8.42 Å². The van der Waals surface area contributed by atoms with Gasteiger partial charge in [-0.05, 0) is 49.9 Å². The molecule has 4 rings (SSSR count). The molecule has 0 aromatic heterocycles. The molecule has 0 bridgehead atoms. The van der Waals surface area contributed by atoms with Crippen LogP contribution in [-0.2, 0) is 26.0 Å². The number of aryl methyl sites for hydroxylation is 1. The highest BCUT2D eigenvalue weighted by Gasteiger charge is 2.51. The van der Waals surface area contributed by atoms with Crippen LogP contribution in [0.15, 0.2) is 59.5 Å². The summed E-state index contributed by atoms with van der Waals surface area (Å²) in [7, 11) is -3.95. The summed E-state index contributed by atoms with van der Waals surface area (Å²) < 4.78 is 28.0. The molecule has 2 aromatic carbocycles. The van der Waals surface area contributed by atoms with Crippen molar-refractivity contribution < 1.29 is 18.0 Å². The number of carbonyl (C=O) groups excluding carboxylic acids is 2. The summed E-state index contributed by atoms with van der Waals surface area (Å²) in [5, 5.41) is 3.14. The van der Waals surface area contributed by atoms with Gasteiger partial charge in [-0.2, -0.15) is 4.31 Å². The molecule has 1 saturated heterocycles. The van der Waals surface area contributed by atoms with Crippen molar-refractivity contribution in [3.05, 3.63) is 60.2 Å². The minimum Gasteiger partial charge on any atom is -0.351 e.